The van der Waals surface area contributed by atoms with E-state index in [2.05, 4.69) is 35.9 Å². The summed E-state index contributed by atoms with van der Waals surface area (Å²) in [5.74, 6) is -1.07. The third kappa shape index (κ3) is 4.76. The van der Waals surface area contributed by atoms with Crippen LogP contribution in [0.15, 0.2) is 0 Å². The maximum absolute atomic E-state index is 13.6. The van der Waals surface area contributed by atoms with Crippen LogP contribution in [0.4, 0.5) is 0 Å². The molecule has 0 aromatic heterocycles. The van der Waals surface area contributed by atoms with Crippen LogP contribution in [0.1, 0.15) is 75.1 Å². The van der Waals surface area contributed by atoms with E-state index in [0.29, 0.717) is 6.54 Å². The predicted molar refractivity (Wildman–Crippen MR) is 130 cm³/mol. The SMILES string of the molecule is CC(=O)N[C@H](C(=O)N1C[C@H]2[C@@H](C1C(=O)N[C@H](C#N)C[C@@H]1CCC3(CC3)NC1=O)C2(C)C)C(C)(C)C.[HH]. The maximum Gasteiger partial charge on any atom is 0.246 e. The Morgan fingerprint density at radius 3 is 2.40 bits per heavy atom. The standard InChI is InChI=1S/C26H39N5O4.H2/c1-14(32)28-20(24(2,3)4)23(35)31-13-17-18(25(17,5)6)19(31)22(34)29-16(12-27)11-15-7-8-26(9-10-26)30-21(15)33;/h15-20H,7-11,13H2,1-6H3,(H,28,32)(H,29,34)(H,30,33);1H/t15-,16-,17-,18-,19?,20+;/m0./s1. The highest BCUT2D eigenvalue weighted by molar-refractivity contribution is 5.94. The summed E-state index contributed by atoms with van der Waals surface area (Å²) >= 11 is 0. The molecular formula is C26H41N5O4. The minimum Gasteiger partial charge on any atom is -0.350 e. The van der Waals surface area contributed by atoms with Crippen LogP contribution < -0.4 is 16.0 Å². The first kappa shape index (κ1) is 25.5. The van der Waals surface area contributed by atoms with Crippen molar-refractivity contribution >= 4 is 23.6 Å². The van der Waals surface area contributed by atoms with Gasteiger partial charge in [0.1, 0.15) is 18.1 Å². The monoisotopic (exact) mass is 487 g/mol. The first-order valence-electron chi connectivity index (χ1n) is 12.8. The molecule has 2 aliphatic heterocycles. The van der Waals surface area contributed by atoms with Crippen molar-refractivity contribution in [3.8, 4) is 6.07 Å². The number of fused-ring (bicyclic) bond motifs is 1. The van der Waals surface area contributed by atoms with Gasteiger partial charge in [-0.2, -0.15) is 5.26 Å². The van der Waals surface area contributed by atoms with Gasteiger partial charge in [0, 0.05) is 26.4 Å². The summed E-state index contributed by atoms with van der Waals surface area (Å²) in [6, 6.07) is -0.115. The lowest BCUT2D eigenvalue weighted by Gasteiger charge is -2.37. The van der Waals surface area contributed by atoms with Crippen LogP contribution in [0.25, 0.3) is 0 Å². The van der Waals surface area contributed by atoms with E-state index in [0.717, 1.165) is 25.7 Å². The Labute approximate surface area is 209 Å². The van der Waals surface area contributed by atoms with Gasteiger partial charge in [0.05, 0.1) is 6.07 Å². The number of piperidine rings is 2. The van der Waals surface area contributed by atoms with Crippen molar-refractivity contribution in [2.45, 2.75) is 97.3 Å². The Kier molecular flexibility index (Phi) is 6.18. The molecule has 4 amide bonds. The van der Waals surface area contributed by atoms with E-state index in [-0.39, 0.29) is 60.2 Å². The lowest BCUT2D eigenvalue weighted by molar-refractivity contribution is -0.145. The Balaban J connectivity index is 0.00000361. The van der Waals surface area contributed by atoms with E-state index < -0.39 is 23.5 Å². The second-order valence-corrected chi connectivity index (χ2v) is 12.8. The van der Waals surface area contributed by atoms with E-state index in [1.54, 1.807) is 4.90 Å². The lowest BCUT2D eigenvalue weighted by Crippen LogP contribution is -2.59. The third-order valence-corrected chi connectivity index (χ3v) is 8.80. The van der Waals surface area contributed by atoms with Gasteiger partial charge in [0.15, 0.2) is 0 Å². The molecule has 0 bridgehead atoms. The maximum atomic E-state index is 13.6. The second-order valence-electron chi connectivity index (χ2n) is 12.8. The highest BCUT2D eigenvalue weighted by atomic mass is 16.2. The minimum atomic E-state index is -0.807. The number of hydrogen-bond donors (Lipinski definition) is 3. The van der Waals surface area contributed by atoms with Gasteiger partial charge in [-0.3, -0.25) is 19.2 Å². The van der Waals surface area contributed by atoms with Gasteiger partial charge in [-0.15, -0.1) is 0 Å². The molecule has 1 spiro atoms. The molecule has 2 saturated heterocycles. The normalized spacial score (nSPS) is 31.5. The van der Waals surface area contributed by atoms with Crippen LogP contribution in [0.5, 0.6) is 0 Å². The average Bonchev–Trinajstić information content (AvgIpc) is 3.53. The fourth-order valence-electron chi connectivity index (χ4n) is 6.27. The van der Waals surface area contributed by atoms with Gasteiger partial charge in [0.2, 0.25) is 23.6 Å². The number of hydrogen-bond acceptors (Lipinski definition) is 5. The highest BCUT2D eigenvalue weighted by Crippen LogP contribution is 2.65. The largest absolute Gasteiger partial charge is 0.350 e. The zero-order valence-corrected chi connectivity index (χ0v) is 21.7. The van der Waals surface area contributed by atoms with Gasteiger partial charge < -0.3 is 20.9 Å². The summed E-state index contributed by atoms with van der Waals surface area (Å²) in [5, 5.41) is 18.5. The van der Waals surface area contributed by atoms with Crippen LogP contribution in [-0.4, -0.2) is 58.7 Å². The zero-order valence-electron chi connectivity index (χ0n) is 21.7. The Morgan fingerprint density at radius 1 is 1.23 bits per heavy atom. The van der Waals surface area contributed by atoms with E-state index >= 15 is 0 Å². The summed E-state index contributed by atoms with van der Waals surface area (Å²) in [5.41, 5.74) is -0.629. The number of rotatable bonds is 6. The predicted octanol–water partition coefficient (Wildman–Crippen LogP) is 1.72. The molecule has 4 aliphatic rings. The van der Waals surface area contributed by atoms with Gasteiger partial charge in [-0.1, -0.05) is 34.6 Å². The molecule has 194 valence electrons. The molecule has 0 radical (unpaired) electrons. The molecule has 1 unspecified atom stereocenters. The first-order chi connectivity index (χ1) is 16.2. The average molecular weight is 488 g/mol. The van der Waals surface area contributed by atoms with Crippen molar-refractivity contribution in [3.05, 3.63) is 0 Å². The Morgan fingerprint density at radius 2 is 1.89 bits per heavy atom. The first-order valence-corrected chi connectivity index (χ1v) is 12.8. The molecule has 2 heterocycles. The van der Waals surface area contributed by atoms with Crippen molar-refractivity contribution in [3.63, 3.8) is 0 Å². The summed E-state index contributed by atoms with van der Waals surface area (Å²) in [6.07, 6.45) is 3.92. The number of carbonyl (C=O) groups is 4. The number of amides is 4. The highest BCUT2D eigenvalue weighted by Gasteiger charge is 2.69. The molecule has 4 fully saturated rings. The quantitative estimate of drug-likeness (QED) is 0.525. The van der Waals surface area contributed by atoms with E-state index in [4.69, 9.17) is 0 Å². The summed E-state index contributed by atoms with van der Waals surface area (Å²) in [7, 11) is 0. The number of likely N-dealkylation sites (tertiary alicyclic amines) is 1. The van der Waals surface area contributed by atoms with Crippen LogP contribution >= 0.6 is 0 Å². The van der Waals surface area contributed by atoms with Gasteiger partial charge in [0.25, 0.3) is 0 Å². The summed E-state index contributed by atoms with van der Waals surface area (Å²) in [4.78, 5) is 53.1. The van der Waals surface area contributed by atoms with Crippen LogP contribution in [0, 0.1) is 39.9 Å². The third-order valence-electron chi connectivity index (χ3n) is 8.80. The molecule has 0 aromatic carbocycles. The summed E-state index contributed by atoms with van der Waals surface area (Å²) in [6.45, 7) is 11.7. The van der Waals surface area contributed by atoms with Crippen LogP contribution in [-0.2, 0) is 19.2 Å². The fraction of sp³-hybridized carbons (Fsp3) is 0.808. The second kappa shape index (κ2) is 8.49. The summed E-state index contributed by atoms with van der Waals surface area (Å²) < 4.78 is 0. The van der Waals surface area contributed by atoms with E-state index in [9.17, 15) is 24.4 Å². The zero-order chi connectivity index (χ0) is 25.9. The number of nitriles is 1. The number of nitrogens with zero attached hydrogens (tertiary/aromatic N) is 2. The molecule has 9 nitrogen and oxygen atoms in total. The van der Waals surface area contributed by atoms with Crippen molar-refractivity contribution in [2.24, 2.45) is 28.6 Å². The molecule has 2 aliphatic carbocycles. The van der Waals surface area contributed by atoms with Crippen molar-refractivity contribution < 1.29 is 20.6 Å². The van der Waals surface area contributed by atoms with Gasteiger partial charge >= 0.3 is 0 Å². The van der Waals surface area contributed by atoms with Crippen LogP contribution in [0.3, 0.4) is 0 Å². The van der Waals surface area contributed by atoms with Crippen LogP contribution in [0.2, 0.25) is 0 Å². The molecule has 3 N–H and O–H groups in total. The molecule has 0 aromatic rings. The number of carbonyl (C=O) groups excluding carboxylic acids is 4. The van der Waals surface area contributed by atoms with Crippen molar-refractivity contribution in [1.29, 1.82) is 5.26 Å². The molecular weight excluding hydrogens is 446 g/mol. The Bertz CT molecular complexity index is 980. The molecule has 35 heavy (non-hydrogen) atoms. The van der Waals surface area contributed by atoms with Crippen molar-refractivity contribution in [1.82, 2.24) is 20.9 Å². The fourth-order valence-corrected chi connectivity index (χ4v) is 6.27. The topological polar surface area (TPSA) is 131 Å². The van der Waals surface area contributed by atoms with E-state index in [1.165, 1.54) is 6.92 Å². The molecule has 2 saturated carbocycles. The van der Waals surface area contributed by atoms with Gasteiger partial charge in [-0.05, 0) is 54.8 Å². The lowest BCUT2D eigenvalue weighted by atomic mass is 9.85. The molecule has 6 atom stereocenters. The Hall–Kier alpha value is -2.63. The van der Waals surface area contributed by atoms with Crippen molar-refractivity contribution in [2.75, 3.05) is 6.54 Å². The van der Waals surface area contributed by atoms with E-state index in [1.807, 2.05) is 20.8 Å². The molecule has 9 heteroatoms. The smallest absolute Gasteiger partial charge is 0.246 e. The molecule has 4 rings (SSSR count). The van der Waals surface area contributed by atoms with Gasteiger partial charge in [-0.25, -0.2) is 0 Å². The minimum absolute atomic E-state index is 0. The number of nitrogens with one attached hydrogen (secondary N) is 3.